The summed E-state index contributed by atoms with van der Waals surface area (Å²) in [5, 5.41) is 0. The highest BCUT2D eigenvalue weighted by molar-refractivity contribution is 7.09. The fraction of sp³-hybridized carbons (Fsp3) is 0.333. The minimum Gasteiger partial charge on any atom is -0.489 e. The van der Waals surface area contributed by atoms with Gasteiger partial charge in [0.15, 0.2) is 0 Å². The van der Waals surface area contributed by atoms with E-state index >= 15 is 0 Å². The Morgan fingerprint density at radius 1 is 1.24 bits per heavy atom. The Labute approximate surface area is 104 Å². The van der Waals surface area contributed by atoms with Crippen LogP contribution in [0.4, 0.5) is 0 Å². The Hall–Kier alpha value is -1.46. The molecule has 2 aromatic heterocycles. The van der Waals surface area contributed by atoms with E-state index in [2.05, 4.69) is 9.97 Å². The quantitative estimate of drug-likeness (QED) is 0.903. The monoisotopic (exact) mass is 249 g/mol. The molecule has 0 aromatic carbocycles. The van der Waals surface area contributed by atoms with Crippen molar-refractivity contribution in [3.8, 4) is 5.75 Å². The van der Waals surface area contributed by atoms with Crippen LogP contribution in [0.25, 0.3) is 0 Å². The van der Waals surface area contributed by atoms with Crippen LogP contribution in [0.5, 0.6) is 5.75 Å². The molecule has 0 bridgehead atoms. The molecule has 0 saturated heterocycles. The fourth-order valence-electron chi connectivity index (χ4n) is 1.49. The van der Waals surface area contributed by atoms with Crippen molar-refractivity contribution >= 4 is 11.3 Å². The van der Waals surface area contributed by atoms with Crippen LogP contribution in [0.1, 0.15) is 30.3 Å². The van der Waals surface area contributed by atoms with Crippen LogP contribution >= 0.6 is 11.3 Å². The second kappa shape index (κ2) is 5.25. The van der Waals surface area contributed by atoms with Gasteiger partial charge < -0.3 is 10.5 Å². The summed E-state index contributed by atoms with van der Waals surface area (Å²) in [6, 6.07) is 1.74. The molecule has 0 radical (unpaired) electrons. The minimum absolute atomic E-state index is 0.131. The maximum Gasteiger partial charge on any atom is 0.138 e. The van der Waals surface area contributed by atoms with Crippen molar-refractivity contribution in [1.82, 2.24) is 9.97 Å². The lowest BCUT2D eigenvalue weighted by atomic mass is 10.1. The van der Waals surface area contributed by atoms with Crippen molar-refractivity contribution in [1.29, 1.82) is 0 Å². The van der Waals surface area contributed by atoms with Crippen molar-refractivity contribution in [3.63, 3.8) is 0 Å². The molecule has 4 nitrogen and oxygen atoms in total. The number of rotatable bonds is 4. The Kier molecular flexibility index (Phi) is 3.71. The number of thiazole rings is 1. The van der Waals surface area contributed by atoms with Crippen molar-refractivity contribution in [2.45, 2.75) is 26.0 Å². The summed E-state index contributed by atoms with van der Waals surface area (Å²) in [5.74, 6) is 0.748. The van der Waals surface area contributed by atoms with Gasteiger partial charge in [-0.2, -0.15) is 0 Å². The third kappa shape index (κ3) is 3.01. The topological polar surface area (TPSA) is 61.0 Å². The lowest BCUT2D eigenvalue weighted by molar-refractivity contribution is 0.241. The van der Waals surface area contributed by atoms with Gasteiger partial charge in [0, 0.05) is 17.3 Å². The van der Waals surface area contributed by atoms with Crippen LogP contribution in [0, 0.1) is 0 Å². The molecule has 0 spiro atoms. The van der Waals surface area contributed by atoms with Gasteiger partial charge in [0.25, 0.3) is 0 Å². The molecule has 0 aliphatic carbocycles. The zero-order valence-electron chi connectivity index (χ0n) is 9.83. The third-order valence-corrected chi connectivity index (χ3v) is 3.08. The van der Waals surface area contributed by atoms with Crippen LogP contribution in [0.3, 0.4) is 0 Å². The molecule has 2 N–H and O–H groups in total. The molecular weight excluding hydrogens is 234 g/mol. The Balaban J connectivity index is 2.21. The van der Waals surface area contributed by atoms with Crippen molar-refractivity contribution in [2.24, 2.45) is 5.73 Å². The van der Waals surface area contributed by atoms with E-state index in [-0.39, 0.29) is 12.1 Å². The first-order valence-electron chi connectivity index (χ1n) is 5.42. The summed E-state index contributed by atoms with van der Waals surface area (Å²) < 4.78 is 5.59. The van der Waals surface area contributed by atoms with E-state index in [1.807, 2.05) is 19.9 Å². The number of hydrogen-bond acceptors (Lipinski definition) is 5. The molecule has 17 heavy (non-hydrogen) atoms. The van der Waals surface area contributed by atoms with Crippen molar-refractivity contribution in [2.75, 3.05) is 0 Å². The van der Waals surface area contributed by atoms with Gasteiger partial charge in [-0.05, 0) is 25.5 Å². The summed E-state index contributed by atoms with van der Waals surface area (Å²) in [7, 11) is 0. The van der Waals surface area contributed by atoms with Gasteiger partial charge in [0.2, 0.25) is 0 Å². The lowest BCUT2D eigenvalue weighted by Crippen LogP contribution is -2.12. The summed E-state index contributed by atoms with van der Waals surface area (Å²) in [4.78, 5) is 9.20. The molecule has 0 fully saturated rings. The number of nitrogens with two attached hydrogens (primary N) is 1. The lowest BCUT2D eigenvalue weighted by Gasteiger charge is -2.13. The Morgan fingerprint density at radius 2 is 2.06 bits per heavy atom. The van der Waals surface area contributed by atoms with Crippen LogP contribution in [0.15, 0.2) is 30.2 Å². The zero-order valence-corrected chi connectivity index (χ0v) is 10.6. The number of pyridine rings is 1. The van der Waals surface area contributed by atoms with Crippen LogP contribution in [-0.2, 0) is 0 Å². The summed E-state index contributed by atoms with van der Waals surface area (Å²) in [6.07, 6.45) is 5.37. The normalized spacial score (nSPS) is 12.7. The largest absolute Gasteiger partial charge is 0.489 e. The molecule has 0 saturated carbocycles. The maximum absolute atomic E-state index is 6.14. The summed E-state index contributed by atoms with van der Waals surface area (Å²) in [5.41, 5.74) is 8.85. The number of aromatic nitrogens is 2. The standard InChI is InChI=1S/C12H15N3OS/c1-8(2)16-10-3-9(4-14-5-10)12(13)11-6-15-7-17-11/h3-8,12H,13H2,1-2H3. The molecule has 2 rings (SSSR count). The van der Waals surface area contributed by atoms with Crippen LogP contribution in [0.2, 0.25) is 0 Å². The Morgan fingerprint density at radius 3 is 2.71 bits per heavy atom. The second-order valence-electron chi connectivity index (χ2n) is 4.00. The summed E-state index contributed by atoms with van der Waals surface area (Å²) >= 11 is 1.54. The molecule has 0 aliphatic heterocycles. The van der Waals surface area contributed by atoms with Gasteiger partial charge in [-0.15, -0.1) is 11.3 Å². The highest BCUT2D eigenvalue weighted by Gasteiger charge is 2.12. The SMILES string of the molecule is CC(C)Oc1cncc(C(N)c2cncs2)c1. The predicted octanol–water partition coefficient (Wildman–Crippen LogP) is 2.37. The van der Waals surface area contributed by atoms with Crippen molar-refractivity contribution < 1.29 is 4.74 Å². The van der Waals surface area contributed by atoms with Gasteiger partial charge in [-0.3, -0.25) is 9.97 Å². The van der Waals surface area contributed by atoms with Gasteiger partial charge in [-0.25, -0.2) is 0 Å². The highest BCUT2D eigenvalue weighted by Crippen LogP contribution is 2.24. The van der Waals surface area contributed by atoms with E-state index in [1.54, 1.807) is 35.4 Å². The van der Waals surface area contributed by atoms with Gasteiger partial charge >= 0.3 is 0 Å². The van der Waals surface area contributed by atoms with E-state index in [9.17, 15) is 0 Å². The minimum atomic E-state index is -0.189. The number of ether oxygens (including phenoxy) is 1. The first kappa shape index (κ1) is 12.0. The van der Waals surface area contributed by atoms with Gasteiger partial charge in [-0.1, -0.05) is 0 Å². The molecule has 1 unspecified atom stereocenters. The van der Waals surface area contributed by atoms with E-state index in [0.717, 1.165) is 16.2 Å². The zero-order chi connectivity index (χ0) is 12.3. The maximum atomic E-state index is 6.14. The third-order valence-electron chi connectivity index (χ3n) is 2.22. The van der Waals surface area contributed by atoms with Crippen molar-refractivity contribution in [3.05, 3.63) is 40.6 Å². The molecule has 2 heterocycles. The Bertz CT molecular complexity index is 470. The molecule has 2 aromatic rings. The average molecular weight is 249 g/mol. The van der Waals surface area contributed by atoms with E-state index in [0.29, 0.717) is 0 Å². The first-order chi connectivity index (χ1) is 8.16. The summed E-state index contributed by atoms with van der Waals surface area (Å²) in [6.45, 7) is 3.96. The smallest absolute Gasteiger partial charge is 0.138 e. The van der Waals surface area contributed by atoms with Crippen LogP contribution < -0.4 is 10.5 Å². The molecule has 1 atom stereocenters. The number of nitrogens with zero attached hydrogens (tertiary/aromatic N) is 2. The second-order valence-corrected chi connectivity index (χ2v) is 4.92. The average Bonchev–Trinajstić information content (AvgIpc) is 2.81. The van der Waals surface area contributed by atoms with Gasteiger partial charge in [0.1, 0.15) is 5.75 Å². The van der Waals surface area contributed by atoms with E-state index in [1.165, 1.54) is 0 Å². The van der Waals surface area contributed by atoms with Crippen LogP contribution in [-0.4, -0.2) is 16.1 Å². The molecule has 5 heteroatoms. The predicted molar refractivity (Wildman–Crippen MR) is 68.1 cm³/mol. The first-order valence-corrected chi connectivity index (χ1v) is 6.30. The van der Waals surface area contributed by atoms with E-state index < -0.39 is 0 Å². The van der Waals surface area contributed by atoms with E-state index in [4.69, 9.17) is 10.5 Å². The molecular formula is C12H15N3OS. The highest BCUT2D eigenvalue weighted by atomic mass is 32.1. The molecule has 0 amide bonds. The fourth-order valence-corrected chi connectivity index (χ4v) is 2.13. The number of hydrogen-bond donors (Lipinski definition) is 1. The molecule has 0 aliphatic rings. The molecule has 90 valence electrons. The van der Waals surface area contributed by atoms with Gasteiger partial charge in [0.05, 0.1) is 23.9 Å².